The summed E-state index contributed by atoms with van der Waals surface area (Å²) in [5.41, 5.74) is 6.00. The van der Waals surface area contributed by atoms with Crippen LogP contribution in [0.15, 0.2) is 36.5 Å². The summed E-state index contributed by atoms with van der Waals surface area (Å²) in [5, 5.41) is 0. The molecule has 94 valence electrons. The van der Waals surface area contributed by atoms with Crippen molar-refractivity contribution < 1.29 is 17.9 Å². The molecule has 1 heterocycles. The molecule has 0 saturated carbocycles. The van der Waals surface area contributed by atoms with Crippen molar-refractivity contribution in [2.75, 3.05) is 5.73 Å². The van der Waals surface area contributed by atoms with E-state index in [1.54, 1.807) is 12.1 Å². The fourth-order valence-corrected chi connectivity index (χ4v) is 1.19. The number of halogens is 3. The molecule has 0 radical (unpaired) electrons. The van der Waals surface area contributed by atoms with E-state index in [1.165, 1.54) is 18.2 Å². The third-order valence-corrected chi connectivity index (χ3v) is 1.99. The maximum atomic E-state index is 12.4. The number of ether oxygens (including phenoxy) is 1. The van der Waals surface area contributed by atoms with E-state index in [2.05, 4.69) is 9.97 Å². The van der Waals surface area contributed by atoms with Gasteiger partial charge < -0.3 is 10.5 Å². The Bertz CT molecular complexity index is 540. The Morgan fingerprint density at radius 1 is 1.06 bits per heavy atom. The van der Waals surface area contributed by atoms with Crippen LogP contribution >= 0.6 is 0 Å². The normalized spacial score (nSPS) is 11.3. The Balaban J connectivity index is 2.22. The molecule has 1 aromatic heterocycles. The highest BCUT2D eigenvalue weighted by Crippen LogP contribution is 2.28. The maximum Gasteiger partial charge on any atom is 0.451 e. The zero-order valence-corrected chi connectivity index (χ0v) is 8.98. The average Bonchev–Trinajstić information content (AvgIpc) is 2.31. The summed E-state index contributed by atoms with van der Waals surface area (Å²) in [6.07, 6.45) is -3.61. The second-order valence-electron chi connectivity index (χ2n) is 3.39. The van der Waals surface area contributed by atoms with Crippen molar-refractivity contribution in [3.05, 3.63) is 42.4 Å². The first-order valence-electron chi connectivity index (χ1n) is 4.89. The summed E-state index contributed by atoms with van der Waals surface area (Å²) >= 11 is 0. The molecule has 4 nitrogen and oxygen atoms in total. The van der Waals surface area contributed by atoms with Gasteiger partial charge in [-0.3, -0.25) is 0 Å². The highest BCUT2D eigenvalue weighted by atomic mass is 19.4. The minimum Gasteiger partial charge on any atom is -0.439 e. The van der Waals surface area contributed by atoms with Gasteiger partial charge in [-0.15, -0.1) is 0 Å². The second-order valence-corrected chi connectivity index (χ2v) is 3.39. The van der Waals surface area contributed by atoms with Gasteiger partial charge >= 0.3 is 6.18 Å². The number of benzene rings is 1. The molecule has 7 heteroatoms. The smallest absolute Gasteiger partial charge is 0.439 e. The lowest BCUT2D eigenvalue weighted by Crippen LogP contribution is -2.10. The van der Waals surface area contributed by atoms with E-state index < -0.39 is 12.0 Å². The molecule has 0 saturated heterocycles. The molecular weight excluding hydrogens is 247 g/mol. The first-order chi connectivity index (χ1) is 8.45. The number of nitrogen functional groups attached to an aromatic ring is 1. The lowest BCUT2D eigenvalue weighted by molar-refractivity contribution is -0.145. The van der Waals surface area contributed by atoms with Gasteiger partial charge in [-0.25, -0.2) is 4.98 Å². The van der Waals surface area contributed by atoms with Crippen molar-refractivity contribution in [1.29, 1.82) is 0 Å². The van der Waals surface area contributed by atoms with E-state index in [-0.39, 0.29) is 5.88 Å². The lowest BCUT2D eigenvalue weighted by Gasteiger charge is -2.07. The van der Waals surface area contributed by atoms with Gasteiger partial charge in [0.2, 0.25) is 11.7 Å². The largest absolute Gasteiger partial charge is 0.451 e. The van der Waals surface area contributed by atoms with Gasteiger partial charge in [-0.2, -0.15) is 18.2 Å². The Morgan fingerprint density at radius 3 is 2.33 bits per heavy atom. The zero-order chi connectivity index (χ0) is 13.2. The number of anilines is 1. The van der Waals surface area contributed by atoms with Crippen LogP contribution in [0.5, 0.6) is 11.6 Å². The first-order valence-corrected chi connectivity index (χ1v) is 4.89. The van der Waals surface area contributed by atoms with Crippen molar-refractivity contribution in [3.63, 3.8) is 0 Å². The van der Waals surface area contributed by atoms with Gasteiger partial charge in [-0.1, -0.05) is 0 Å². The van der Waals surface area contributed by atoms with Crippen molar-refractivity contribution in [2.45, 2.75) is 6.18 Å². The van der Waals surface area contributed by atoms with E-state index in [9.17, 15) is 13.2 Å². The van der Waals surface area contributed by atoms with Crippen LogP contribution in [0.1, 0.15) is 5.82 Å². The van der Waals surface area contributed by atoms with Crippen molar-refractivity contribution in [3.8, 4) is 11.6 Å². The number of rotatable bonds is 2. The summed E-state index contributed by atoms with van der Waals surface area (Å²) in [7, 11) is 0. The van der Waals surface area contributed by atoms with Crippen LogP contribution in [-0.2, 0) is 6.18 Å². The molecule has 0 amide bonds. The third kappa shape index (κ3) is 2.88. The van der Waals surface area contributed by atoms with Gasteiger partial charge in [0.25, 0.3) is 0 Å². The maximum absolute atomic E-state index is 12.4. The van der Waals surface area contributed by atoms with Crippen LogP contribution in [0.2, 0.25) is 0 Å². The van der Waals surface area contributed by atoms with Crippen molar-refractivity contribution in [1.82, 2.24) is 9.97 Å². The number of nitrogens with two attached hydrogens (primary N) is 1. The molecule has 2 N–H and O–H groups in total. The monoisotopic (exact) mass is 255 g/mol. The molecule has 0 unspecified atom stereocenters. The van der Waals surface area contributed by atoms with Crippen LogP contribution in [-0.4, -0.2) is 9.97 Å². The van der Waals surface area contributed by atoms with Crippen molar-refractivity contribution in [2.24, 2.45) is 0 Å². The number of alkyl halides is 3. The van der Waals surface area contributed by atoms with E-state index >= 15 is 0 Å². The Morgan fingerprint density at radius 2 is 1.72 bits per heavy atom. The average molecular weight is 255 g/mol. The summed E-state index contributed by atoms with van der Waals surface area (Å²) in [4.78, 5) is 6.40. The van der Waals surface area contributed by atoms with E-state index in [4.69, 9.17) is 10.5 Å². The van der Waals surface area contributed by atoms with Gasteiger partial charge in [-0.05, 0) is 24.3 Å². The Labute approximate surface area is 100 Å². The predicted molar refractivity (Wildman–Crippen MR) is 58.0 cm³/mol. The standard InChI is InChI=1S/C11H8F3N3O/c12-11(13,14)10-16-6-5-9(17-10)18-8-3-1-7(15)2-4-8/h1-6H,15H2. The van der Waals surface area contributed by atoms with Crippen LogP contribution in [0.4, 0.5) is 18.9 Å². The molecule has 0 aliphatic heterocycles. The summed E-state index contributed by atoms with van der Waals surface area (Å²) in [5.74, 6) is -1.08. The molecule has 0 bridgehead atoms. The summed E-state index contributed by atoms with van der Waals surface area (Å²) in [6, 6.07) is 7.45. The molecule has 0 fully saturated rings. The van der Waals surface area contributed by atoms with Gasteiger partial charge in [0, 0.05) is 18.0 Å². The van der Waals surface area contributed by atoms with Crippen molar-refractivity contribution >= 4 is 5.69 Å². The van der Waals surface area contributed by atoms with E-state index in [0.717, 1.165) is 6.20 Å². The highest BCUT2D eigenvalue weighted by molar-refractivity contribution is 5.42. The predicted octanol–water partition coefficient (Wildman–Crippen LogP) is 2.87. The fraction of sp³-hybridized carbons (Fsp3) is 0.0909. The fourth-order valence-electron chi connectivity index (χ4n) is 1.19. The quantitative estimate of drug-likeness (QED) is 0.838. The molecule has 2 aromatic rings. The Kier molecular flexibility index (Phi) is 3.05. The second kappa shape index (κ2) is 4.52. The van der Waals surface area contributed by atoms with Crippen LogP contribution in [0, 0.1) is 0 Å². The molecule has 0 atom stereocenters. The summed E-state index contributed by atoms with van der Waals surface area (Å²) < 4.78 is 42.2. The van der Waals surface area contributed by atoms with E-state index in [0.29, 0.717) is 11.4 Å². The highest BCUT2D eigenvalue weighted by Gasteiger charge is 2.34. The van der Waals surface area contributed by atoms with E-state index in [1.807, 2.05) is 0 Å². The van der Waals surface area contributed by atoms with Gasteiger partial charge in [0.1, 0.15) is 5.75 Å². The minimum absolute atomic E-state index is 0.179. The molecule has 0 aliphatic rings. The molecule has 2 rings (SSSR count). The topological polar surface area (TPSA) is 61.0 Å². The van der Waals surface area contributed by atoms with Crippen LogP contribution in [0.3, 0.4) is 0 Å². The number of hydrogen-bond acceptors (Lipinski definition) is 4. The SMILES string of the molecule is Nc1ccc(Oc2ccnc(C(F)(F)F)n2)cc1. The molecular formula is C11H8F3N3O. The minimum atomic E-state index is -4.60. The molecule has 18 heavy (non-hydrogen) atoms. The summed E-state index contributed by atoms with van der Waals surface area (Å²) in [6.45, 7) is 0. The number of nitrogens with zero attached hydrogens (tertiary/aromatic N) is 2. The molecule has 0 aliphatic carbocycles. The van der Waals surface area contributed by atoms with Gasteiger partial charge in [0.05, 0.1) is 0 Å². The number of aromatic nitrogens is 2. The first kappa shape index (κ1) is 12.2. The molecule has 0 spiro atoms. The Hall–Kier alpha value is -2.31. The van der Waals surface area contributed by atoms with Crippen LogP contribution in [0.25, 0.3) is 0 Å². The number of hydrogen-bond donors (Lipinski definition) is 1. The van der Waals surface area contributed by atoms with Gasteiger partial charge in [0.15, 0.2) is 0 Å². The lowest BCUT2D eigenvalue weighted by atomic mass is 10.3. The zero-order valence-electron chi connectivity index (χ0n) is 8.98. The molecule has 1 aromatic carbocycles. The van der Waals surface area contributed by atoms with Crippen LogP contribution < -0.4 is 10.5 Å². The third-order valence-electron chi connectivity index (χ3n) is 1.99.